The van der Waals surface area contributed by atoms with Crippen molar-refractivity contribution in [1.29, 1.82) is 0 Å². The quantitative estimate of drug-likeness (QED) is 0.573. The van der Waals surface area contributed by atoms with Crippen molar-refractivity contribution >= 4 is 22.5 Å². The summed E-state index contributed by atoms with van der Waals surface area (Å²) >= 11 is 5.86. The topological polar surface area (TPSA) is 63.8 Å². The van der Waals surface area contributed by atoms with E-state index in [1.807, 2.05) is 36.4 Å². The number of hydrazine groups is 1. The Balaban J connectivity index is 2.04. The van der Waals surface area contributed by atoms with E-state index in [1.165, 1.54) is 0 Å². The molecule has 4 nitrogen and oxygen atoms in total. The van der Waals surface area contributed by atoms with Gasteiger partial charge in [0.05, 0.1) is 22.3 Å². The van der Waals surface area contributed by atoms with Crippen molar-refractivity contribution in [3.8, 4) is 0 Å². The van der Waals surface area contributed by atoms with E-state index in [9.17, 15) is 0 Å². The van der Waals surface area contributed by atoms with Crippen molar-refractivity contribution < 1.29 is 0 Å². The average Bonchev–Trinajstić information content (AvgIpc) is 2.50. The molecule has 1 aromatic carbocycles. The molecular formula is C15H13ClN4. The molecule has 0 radical (unpaired) electrons. The first-order chi connectivity index (χ1) is 9.78. The Kier molecular flexibility index (Phi) is 3.60. The van der Waals surface area contributed by atoms with Crippen LogP contribution >= 0.6 is 11.6 Å². The maximum Gasteiger partial charge on any atom is 0.0882 e. The smallest absolute Gasteiger partial charge is 0.0882 e. The van der Waals surface area contributed by atoms with Crippen LogP contribution in [0.25, 0.3) is 10.9 Å². The Hall–Kier alpha value is -2.01. The lowest BCUT2D eigenvalue weighted by molar-refractivity contribution is 0.621. The number of aromatic nitrogens is 2. The van der Waals surface area contributed by atoms with Crippen LogP contribution in [0, 0.1) is 0 Å². The second kappa shape index (κ2) is 5.54. The molecular weight excluding hydrogens is 272 g/mol. The second-order valence-corrected chi connectivity index (χ2v) is 4.89. The van der Waals surface area contributed by atoms with Gasteiger partial charge in [-0.15, -0.1) is 0 Å². The summed E-state index contributed by atoms with van der Waals surface area (Å²) in [4.78, 5) is 8.67. The molecule has 0 amide bonds. The van der Waals surface area contributed by atoms with Crippen LogP contribution in [0.5, 0.6) is 0 Å². The molecule has 100 valence electrons. The highest BCUT2D eigenvalue weighted by Gasteiger charge is 2.14. The van der Waals surface area contributed by atoms with Gasteiger partial charge >= 0.3 is 0 Å². The predicted molar refractivity (Wildman–Crippen MR) is 80.2 cm³/mol. The zero-order chi connectivity index (χ0) is 13.9. The fraction of sp³-hybridized carbons (Fsp3) is 0.0667. The summed E-state index contributed by atoms with van der Waals surface area (Å²) in [6.45, 7) is 0. The molecule has 3 rings (SSSR count). The van der Waals surface area contributed by atoms with Gasteiger partial charge in [0.25, 0.3) is 0 Å². The third-order valence-corrected chi connectivity index (χ3v) is 3.40. The SMILES string of the molecule is NNC(c1ccc2cccnc2c1)c1ccc(Cl)cn1. The molecule has 1 atom stereocenters. The minimum absolute atomic E-state index is 0.196. The Labute approximate surface area is 121 Å². The molecule has 2 heterocycles. The highest BCUT2D eigenvalue weighted by Crippen LogP contribution is 2.23. The summed E-state index contributed by atoms with van der Waals surface area (Å²) < 4.78 is 0. The standard InChI is InChI=1S/C15H13ClN4/c16-12-5-6-13(19-9-12)15(20-17)11-4-3-10-2-1-7-18-14(10)8-11/h1-9,15,20H,17H2. The molecule has 3 N–H and O–H groups in total. The van der Waals surface area contributed by atoms with E-state index in [4.69, 9.17) is 17.4 Å². The molecule has 3 aromatic rings. The predicted octanol–water partition coefficient (Wildman–Crippen LogP) is 2.84. The lowest BCUT2D eigenvalue weighted by Gasteiger charge is -2.16. The number of hydrogen-bond donors (Lipinski definition) is 2. The summed E-state index contributed by atoms with van der Waals surface area (Å²) in [6, 6.07) is 13.5. The Morgan fingerprint density at radius 1 is 1.10 bits per heavy atom. The molecule has 0 saturated carbocycles. The molecule has 20 heavy (non-hydrogen) atoms. The van der Waals surface area contributed by atoms with Crippen LogP contribution in [0.4, 0.5) is 0 Å². The number of benzene rings is 1. The van der Waals surface area contributed by atoms with Crippen molar-refractivity contribution in [2.24, 2.45) is 5.84 Å². The molecule has 2 aromatic heterocycles. The van der Waals surface area contributed by atoms with Crippen LogP contribution < -0.4 is 11.3 Å². The molecule has 0 spiro atoms. The van der Waals surface area contributed by atoms with Gasteiger partial charge in [-0.2, -0.15) is 0 Å². The number of fused-ring (bicyclic) bond motifs is 1. The van der Waals surface area contributed by atoms with Crippen LogP contribution in [0.3, 0.4) is 0 Å². The maximum absolute atomic E-state index is 5.86. The Bertz CT molecular complexity index is 727. The molecule has 0 bridgehead atoms. The van der Waals surface area contributed by atoms with Crippen molar-refractivity contribution in [2.75, 3.05) is 0 Å². The third kappa shape index (κ3) is 2.49. The van der Waals surface area contributed by atoms with Gasteiger partial charge in [0.15, 0.2) is 0 Å². The summed E-state index contributed by atoms with van der Waals surface area (Å²) in [6.07, 6.45) is 3.39. The molecule has 0 aliphatic carbocycles. The van der Waals surface area contributed by atoms with Gasteiger partial charge in [0, 0.05) is 17.8 Å². The zero-order valence-corrected chi connectivity index (χ0v) is 11.4. The van der Waals surface area contributed by atoms with Gasteiger partial charge in [-0.1, -0.05) is 29.8 Å². The molecule has 0 aliphatic heterocycles. The molecule has 1 unspecified atom stereocenters. The number of pyridine rings is 2. The number of halogens is 1. The van der Waals surface area contributed by atoms with E-state index in [0.29, 0.717) is 5.02 Å². The summed E-state index contributed by atoms with van der Waals surface area (Å²) in [5.41, 5.74) is 5.54. The van der Waals surface area contributed by atoms with E-state index in [1.54, 1.807) is 18.5 Å². The maximum atomic E-state index is 5.86. The van der Waals surface area contributed by atoms with Crippen molar-refractivity contribution in [3.63, 3.8) is 0 Å². The van der Waals surface area contributed by atoms with Crippen LogP contribution in [-0.4, -0.2) is 9.97 Å². The average molecular weight is 285 g/mol. The van der Waals surface area contributed by atoms with E-state index in [0.717, 1.165) is 22.2 Å². The summed E-state index contributed by atoms with van der Waals surface area (Å²) in [5.74, 6) is 5.68. The monoisotopic (exact) mass is 284 g/mol. The van der Waals surface area contributed by atoms with Crippen molar-refractivity contribution in [1.82, 2.24) is 15.4 Å². The van der Waals surface area contributed by atoms with Crippen LogP contribution in [0.15, 0.2) is 54.9 Å². The van der Waals surface area contributed by atoms with Crippen molar-refractivity contribution in [2.45, 2.75) is 6.04 Å². The van der Waals surface area contributed by atoms with Crippen LogP contribution in [0.2, 0.25) is 5.02 Å². The van der Waals surface area contributed by atoms with Gasteiger partial charge in [0.1, 0.15) is 0 Å². The van der Waals surface area contributed by atoms with Gasteiger partial charge in [0.2, 0.25) is 0 Å². The number of nitrogens with zero attached hydrogens (tertiary/aromatic N) is 2. The van der Waals surface area contributed by atoms with Gasteiger partial charge in [-0.05, 0) is 29.8 Å². The first kappa shape index (κ1) is 13.0. The third-order valence-electron chi connectivity index (χ3n) is 3.18. The normalized spacial score (nSPS) is 12.5. The van der Waals surface area contributed by atoms with E-state index >= 15 is 0 Å². The molecule has 0 aliphatic rings. The van der Waals surface area contributed by atoms with Crippen LogP contribution in [0.1, 0.15) is 17.3 Å². The first-order valence-electron chi connectivity index (χ1n) is 6.20. The largest absolute Gasteiger partial charge is 0.271 e. The van der Waals surface area contributed by atoms with E-state index in [2.05, 4.69) is 15.4 Å². The minimum atomic E-state index is -0.196. The molecule has 0 fully saturated rings. The highest BCUT2D eigenvalue weighted by molar-refractivity contribution is 6.30. The van der Waals surface area contributed by atoms with Crippen LogP contribution in [-0.2, 0) is 0 Å². The Morgan fingerprint density at radius 2 is 2.00 bits per heavy atom. The van der Waals surface area contributed by atoms with E-state index < -0.39 is 0 Å². The molecule has 5 heteroatoms. The minimum Gasteiger partial charge on any atom is -0.271 e. The number of hydrogen-bond acceptors (Lipinski definition) is 4. The Morgan fingerprint density at radius 3 is 2.75 bits per heavy atom. The lowest BCUT2D eigenvalue weighted by Crippen LogP contribution is -2.29. The number of nitrogens with two attached hydrogens (primary N) is 1. The van der Waals surface area contributed by atoms with Gasteiger partial charge in [-0.3, -0.25) is 15.8 Å². The lowest BCUT2D eigenvalue weighted by atomic mass is 10.0. The first-order valence-corrected chi connectivity index (χ1v) is 6.58. The van der Waals surface area contributed by atoms with Crippen molar-refractivity contribution in [3.05, 3.63) is 71.1 Å². The second-order valence-electron chi connectivity index (χ2n) is 4.46. The van der Waals surface area contributed by atoms with Gasteiger partial charge in [-0.25, -0.2) is 5.43 Å². The molecule has 0 saturated heterocycles. The fourth-order valence-corrected chi connectivity index (χ4v) is 2.29. The summed E-state index contributed by atoms with van der Waals surface area (Å²) in [5, 5.41) is 1.70. The van der Waals surface area contributed by atoms with E-state index in [-0.39, 0.29) is 6.04 Å². The number of rotatable bonds is 3. The fourth-order valence-electron chi connectivity index (χ4n) is 2.17. The zero-order valence-electron chi connectivity index (χ0n) is 10.6. The highest BCUT2D eigenvalue weighted by atomic mass is 35.5. The summed E-state index contributed by atoms with van der Waals surface area (Å²) in [7, 11) is 0. The van der Waals surface area contributed by atoms with Gasteiger partial charge < -0.3 is 0 Å². The number of nitrogens with one attached hydrogen (secondary N) is 1.